The van der Waals surface area contributed by atoms with Crippen molar-refractivity contribution in [1.29, 1.82) is 0 Å². The molecule has 4 N–H and O–H groups in total. The van der Waals surface area contributed by atoms with Crippen LogP contribution in [0.1, 0.15) is 0 Å². The maximum absolute atomic E-state index is 12.0. The van der Waals surface area contributed by atoms with Gasteiger partial charge in [0.25, 0.3) is 5.56 Å². The Morgan fingerprint density at radius 3 is 2.71 bits per heavy atom. The van der Waals surface area contributed by atoms with E-state index in [0.717, 1.165) is 0 Å². The van der Waals surface area contributed by atoms with Crippen molar-refractivity contribution in [3.05, 3.63) is 14.8 Å². The molecular formula is C11H16BrN3O6. The van der Waals surface area contributed by atoms with Crippen molar-refractivity contribution in [2.24, 2.45) is 7.05 Å². The van der Waals surface area contributed by atoms with Crippen LogP contribution in [0.2, 0.25) is 0 Å². The van der Waals surface area contributed by atoms with Crippen LogP contribution in [0.15, 0.2) is 9.27 Å². The smallest absolute Gasteiger partial charge is 0.300 e. The predicted octanol–water partition coefficient (Wildman–Crippen LogP) is -1.60. The number of nitrogens with zero attached hydrogens (tertiary/aromatic N) is 2. The largest absolute Gasteiger partial charge is 0.468 e. The Balaban J connectivity index is 2.28. The number of methoxy groups -OCH3 is 1. The van der Waals surface area contributed by atoms with Crippen LogP contribution in [0.5, 0.6) is 6.01 Å². The number of aliphatic hydroxyl groups excluding tert-OH is 3. The van der Waals surface area contributed by atoms with E-state index in [1.165, 1.54) is 18.7 Å². The molecule has 21 heavy (non-hydrogen) atoms. The minimum atomic E-state index is -1.38. The number of anilines is 1. The molecule has 10 heteroatoms. The minimum Gasteiger partial charge on any atom is -0.468 e. The molecule has 0 unspecified atom stereocenters. The zero-order valence-corrected chi connectivity index (χ0v) is 12.9. The van der Waals surface area contributed by atoms with Crippen molar-refractivity contribution in [2.45, 2.75) is 24.5 Å². The number of hydrogen-bond acceptors (Lipinski definition) is 8. The first-order valence-corrected chi connectivity index (χ1v) is 6.89. The van der Waals surface area contributed by atoms with Gasteiger partial charge in [0.2, 0.25) is 0 Å². The highest BCUT2D eigenvalue weighted by molar-refractivity contribution is 9.10. The molecule has 1 saturated heterocycles. The highest BCUT2D eigenvalue weighted by atomic mass is 79.9. The zero-order valence-electron chi connectivity index (χ0n) is 11.4. The van der Waals surface area contributed by atoms with E-state index in [0.29, 0.717) is 0 Å². The molecule has 2 heterocycles. The molecule has 4 atom stereocenters. The number of ether oxygens (including phenoxy) is 2. The summed E-state index contributed by atoms with van der Waals surface area (Å²) in [4.78, 5) is 16.0. The quantitative estimate of drug-likeness (QED) is 0.504. The second-order valence-electron chi connectivity index (χ2n) is 4.57. The number of aliphatic hydroxyl groups is 3. The molecular weight excluding hydrogens is 350 g/mol. The van der Waals surface area contributed by atoms with Gasteiger partial charge in [-0.25, -0.2) is 0 Å². The van der Waals surface area contributed by atoms with E-state index >= 15 is 0 Å². The molecule has 1 aliphatic rings. The monoisotopic (exact) mass is 365 g/mol. The molecule has 1 aromatic heterocycles. The fourth-order valence-corrected chi connectivity index (χ4v) is 2.37. The summed E-state index contributed by atoms with van der Waals surface area (Å²) >= 11 is 3.11. The lowest BCUT2D eigenvalue weighted by Crippen LogP contribution is -2.55. The zero-order chi connectivity index (χ0) is 15.7. The lowest BCUT2D eigenvalue weighted by atomic mass is 10.0. The van der Waals surface area contributed by atoms with Gasteiger partial charge in [-0.3, -0.25) is 9.36 Å². The summed E-state index contributed by atoms with van der Waals surface area (Å²) in [6.07, 6.45) is -4.93. The van der Waals surface area contributed by atoms with Crippen molar-refractivity contribution < 1.29 is 24.8 Å². The SMILES string of the molecule is COc1nc(N[C@H]2OC[C@@H](O)[C@@H](O)[C@@H]2O)c(Br)c(=O)n1C. The fourth-order valence-electron chi connectivity index (χ4n) is 1.90. The van der Waals surface area contributed by atoms with Crippen LogP contribution < -0.4 is 15.6 Å². The van der Waals surface area contributed by atoms with Crippen LogP contribution in [0.4, 0.5) is 5.82 Å². The van der Waals surface area contributed by atoms with Gasteiger partial charge in [0.05, 0.1) is 13.7 Å². The van der Waals surface area contributed by atoms with Crippen LogP contribution in [0, 0.1) is 0 Å². The van der Waals surface area contributed by atoms with Crippen LogP contribution in [0.25, 0.3) is 0 Å². The molecule has 0 bridgehead atoms. The molecule has 9 nitrogen and oxygen atoms in total. The average Bonchev–Trinajstić information content (AvgIpc) is 2.48. The Hall–Kier alpha value is -1.20. The first-order chi connectivity index (χ1) is 9.86. The van der Waals surface area contributed by atoms with E-state index in [-0.39, 0.29) is 22.9 Å². The summed E-state index contributed by atoms with van der Waals surface area (Å²) in [5.41, 5.74) is -0.393. The van der Waals surface area contributed by atoms with E-state index in [1.54, 1.807) is 0 Å². The fraction of sp³-hybridized carbons (Fsp3) is 0.636. The molecule has 0 saturated carbocycles. The van der Waals surface area contributed by atoms with Gasteiger partial charge in [0.1, 0.15) is 22.8 Å². The summed E-state index contributed by atoms with van der Waals surface area (Å²) < 4.78 is 11.5. The highest BCUT2D eigenvalue weighted by Gasteiger charge is 2.38. The van der Waals surface area contributed by atoms with Crippen molar-refractivity contribution in [2.75, 3.05) is 19.0 Å². The first kappa shape index (κ1) is 16.2. The van der Waals surface area contributed by atoms with Crippen LogP contribution in [-0.4, -0.2) is 63.1 Å². The average molecular weight is 366 g/mol. The lowest BCUT2D eigenvalue weighted by molar-refractivity contribution is -0.178. The minimum absolute atomic E-state index is 0.0663. The lowest BCUT2D eigenvalue weighted by Gasteiger charge is -2.35. The Kier molecular flexibility index (Phi) is 4.84. The summed E-state index contributed by atoms with van der Waals surface area (Å²) in [6.45, 7) is -0.157. The number of hydrogen-bond donors (Lipinski definition) is 4. The molecule has 1 aliphatic heterocycles. The summed E-state index contributed by atoms with van der Waals surface area (Å²) in [6, 6.07) is 0.0663. The topological polar surface area (TPSA) is 126 Å². The molecule has 1 aromatic rings. The maximum Gasteiger partial charge on any atom is 0.300 e. The number of rotatable bonds is 3. The summed E-state index contributed by atoms with van der Waals surface area (Å²) in [5.74, 6) is 0.0996. The van der Waals surface area contributed by atoms with Crippen LogP contribution in [0.3, 0.4) is 0 Å². The molecule has 0 radical (unpaired) electrons. The second-order valence-corrected chi connectivity index (χ2v) is 5.37. The van der Waals surface area contributed by atoms with Gasteiger partial charge in [-0.1, -0.05) is 0 Å². The van der Waals surface area contributed by atoms with Crippen molar-refractivity contribution in [3.63, 3.8) is 0 Å². The third-order valence-corrected chi connectivity index (χ3v) is 3.87. The van der Waals surface area contributed by atoms with Crippen molar-refractivity contribution >= 4 is 21.7 Å². The van der Waals surface area contributed by atoms with Crippen molar-refractivity contribution in [3.8, 4) is 6.01 Å². The highest BCUT2D eigenvalue weighted by Crippen LogP contribution is 2.23. The van der Waals surface area contributed by atoms with E-state index < -0.39 is 30.1 Å². The Labute approximate surface area is 128 Å². The summed E-state index contributed by atoms with van der Waals surface area (Å²) in [5, 5.41) is 31.6. The molecule has 1 fully saturated rings. The Bertz CT molecular complexity index is 580. The number of halogens is 1. The van der Waals surface area contributed by atoms with Crippen molar-refractivity contribution in [1.82, 2.24) is 9.55 Å². The van der Waals surface area contributed by atoms with E-state index in [9.17, 15) is 20.1 Å². The number of nitrogens with one attached hydrogen (secondary N) is 1. The van der Waals surface area contributed by atoms with Gasteiger partial charge in [-0.05, 0) is 15.9 Å². The third-order valence-electron chi connectivity index (χ3n) is 3.16. The van der Waals surface area contributed by atoms with Gasteiger partial charge in [-0.2, -0.15) is 4.98 Å². The standard InChI is InChI=1S/C11H16BrN3O6/c1-15-10(19)5(12)8(14-11(15)20-2)13-9-7(18)6(17)4(16)3-21-9/h4,6-7,9,13,16-18H,3H2,1-2H3/t4-,6-,7+,9+/m1/s1. The van der Waals surface area contributed by atoms with Crippen LogP contribution >= 0.6 is 15.9 Å². The molecule has 2 rings (SSSR count). The van der Waals surface area contributed by atoms with E-state index in [1.807, 2.05) is 0 Å². The van der Waals surface area contributed by atoms with E-state index in [4.69, 9.17) is 9.47 Å². The Morgan fingerprint density at radius 1 is 1.43 bits per heavy atom. The van der Waals surface area contributed by atoms with Gasteiger partial charge in [0, 0.05) is 7.05 Å². The van der Waals surface area contributed by atoms with Gasteiger partial charge in [-0.15, -0.1) is 0 Å². The molecule has 0 amide bonds. The van der Waals surface area contributed by atoms with E-state index in [2.05, 4.69) is 26.2 Å². The number of aromatic nitrogens is 2. The third kappa shape index (κ3) is 3.04. The predicted molar refractivity (Wildman–Crippen MR) is 75.1 cm³/mol. The molecule has 0 spiro atoms. The van der Waals surface area contributed by atoms with Gasteiger partial charge >= 0.3 is 6.01 Å². The van der Waals surface area contributed by atoms with Gasteiger partial charge < -0.3 is 30.1 Å². The van der Waals surface area contributed by atoms with Crippen LogP contribution in [-0.2, 0) is 11.8 Å². The Morgan fingerprint density at radius 2 is 2.10 bits per heavy atom. The molecule has 118 valence electrons. The van der Waals surface area contributed by atoms with Gasteiger partial charge in [0.15, 0.2) is 12.0 Å². The first-order valence-electron chi connectivity index (χ1n) is 6.09. The molecule has 0 aliphatic carbocycles. The molecule has 0 aromatic carbocycles. The summed E-state index contributed by atoms with van der Waals surface area (Å²) in [7, 11) is 2.86. The second kappa shape index (κ2) is 6.28. The normalized spacial score (nSPS) is 29.2. The maximum atomic E-state index is 12.0.